The summed E-state index contributed by atoms with van der Waals surface area (Å²) >= 11 is 6.19. The average molecular weight is 356 g/mol. The molecule has 0 radical (unpaired) electrons. The van der Waals surface area contributed by atoms with Crippen molar-refractivity contribution in [3.8, 4) is 11.5 Å². The van der Waals surface area contributed by atoms with Crippen molar-refractivity contribution in [2.75, 3.05) is 26.8 Å². The number of primary amides is 1. The first-order chi connectivity index (χ1) is 11.4. The highest BCUT2D eigenvalue weighted by atomic mass is 35.5. The molecule has 1 aromatic carbocycles. The molecule has 24 heavy (non-hydrogen) atoms. The van der Waals surface area contributed by atoms with Gasteiger partial charge in [0.15, 0.2) is 18.1 Å². The Morgan fingerprint density at radius 2 is 2.12 bits per heavy atom. The molecule has 8 heteroatoms. The topological polar surface area (TPSA) is 108 Å². The minimum atomic E-state index is -0.632. The molecular formula is C16H22ClN3O4. The summed E-state index contributed by atoms with van der Waals surface area (Å²) in [6, 6.07) is 3.17. The number of methoxy groups -OCH3 is 1. The van der Waals surface area contributed by atoms with E-state index in [1.54, 1.807) is 11.0 Å². The summed E-state index contributed by atoms with van der Waals surface area (Å²) in [7, 11) is 1.43. The molecule has 0 bridgehead atoms. The minimum Gasteiger partial charge on any atom is -0.493 e. The van der Waals surface area contributed by atoms with E-state index in [2.05, 4.69) is 0 Å². The molecule has 1 fully saturated rings. The third-order valence-corrected chi connectivity index (χ3v) is 4.37. The molecule has 1 aliphatic rings. The molecular weight excluding hydrogens is 334 g/mol. The highest BCUT2D eigenvalue weighted by molar-refractivity contribution is 6.32. The van der Waals surface area contributed by atoms with E-state index in [1.165, 1.54) is 13.2 Å². The summed E-state index contributed by atoms with van der Waals surface area (Å²) in [5, 5.41) is 0.182. The lowest BCUT2D eigenvalue weighted by Gasteiger charge is -2.22. The number of benzene rings is 1. The lowest BCUT2D eigenvalue weighted by atomic mass is 10.1. The van der Waals surface area contributed by atoms with E-state index in [4.69, 9.17) is 32.5 Å². The molecule has 7 nitrogen and oxygen atoms in total. The standard InChI is InChI=1S/C16H22ClN3O4/c1-9-3-10(6-18)7-20(9)16(22)11-4-12(17)15(13(5-11)23-2)24-8-14(19)21/h4-5,9-10H,3,6-8,18H2,1-2H3,(H2,19,21). The van der Waals surface area contributed by atoms with Gasteiger partial charge in [-0.2, -0.15) is 0 Å². The van der Waals surface area contributed by atoms with Gasteiger partial charge in [-0.25, -0.2) is 0 Å². The smallest absolute Gasteiger partial charge is 0.255 e. The van der Waals surface area contributed by atoms with Crippen LogP contribution in [0.2, 0.25) is 5.02 Å². The number of likely N-dealkylation sites (tertiary alicyclic amines) is 1. The lowest BCUT2D eigenvalue weighted by molar-refractivity contribution is -0.119. The van der Waals surface area contributed by atoms with Crippen LogP contribution in [0, 0.1) is 5.92 Å². The Morgan fingerprint density at radius 3 is 2.67 bits per heavy atom. The van der Waals surface area contributed by atoms with Crippen LogP contribution >= 0.6 is 11.6 Å². The second kappa shape index (κ2) is 7.72. The van der Waals surface area contributed by atoms with E-state index in [0.717, 1.165) is 6.42 Å². The Morgan fingerprint density at radius 1 is 1.42 bits per heavy atom. The maximum atomic E-state index is 12.8. The van der Waals surface area contributed by atoms with E-state index in [-0.39, 0.29) is 35.1 Å². The van der Waals surface area contributed by atoms with Gasteiger partial charge in [-0.3, -0.25) is 9.59 Å². The summed E-state index contributed by atoms with van der Waals surface area (Å²) < 4.78 is 10.5. The van der Waals surface area contributed by atoms with Crippen molar-refractivity contribution in [1.82, 2.24) is 4.90 Å². The summed E-state index contributed by atoms with van der Waals surface area (Å²) in [4.78, 5) is 25.4. The van der Waals surface area contributed by atoms with E-state index in [1.807, 2.05) is 6.92 Å². The van der Waals surface area contributed by atoms with Crippen LogP contribution in [0.5, 0.6) is 11.5 Å². The molecule has 4 N–H and O–H groups in total. The molecule has 2 rings (SSSR count). The predicted octanol–water partition coefficient (Wildman–Crippen LogP) is 1.02. The summed E-state index contributed by atoms with van der Waals surface area (Å²) in [5.41, 5.74) is 11.2. The quantitative estimate of drug-likeness (QED) is 0.792. The number of nitrogens with zero attached hydrogens (tertiary/aromatic N) is 1. The van der Waals surface area contributed by atoms with Crippen molar-refractivity contribution in [3.63, 3.8) is 0 Å². The van der Waals surface area contributed by atoms with Gasteiger partial charge < -0.3 is 25.8 Å². The molecule has 1 aliphatic heterocycles. The van der Waals surface area contributed by atoms with E-state index in [0.29, 0.717) is 24.6 Å². The first-order valence-electron chi connectivity index (χ1n) is 7.67. The Bertz CT molecular complexity index is 638. The Balaban J connectivity index is 2.26. The number of carbonyl (C=O) groups excluding carboxylic acids is 2. The van der Waals surface area contributed by atoms with E-state index in [9.17, 15) is 9.59 Å². The van der Waals surface area contributed by atoms with E-state index >= 15 is 0 Å². The normalized spacial score (nSPS) is 20.1. The number of carbonyl (C=O) groups is 2. The third-order valence-electron chi connectivity index (χ3n) is 4.09. The van der Waals surface area contributed by atoms with Crippen LogP contribution in [-0.2, 0) is 4.79 Å². The van der Waals surface area contributed by atoms with E-state index < -0.39 is 5.91 Å². The first-order valence-corrected chi connectivity index (χ1v) is 8.04. The molecule has 0 saturated carbocycles. The Labute approximate surface area is 145 Å². The van der Waals surface area contributed by atoms with Crippen LogP contribution in [0.3, 0.4) is 0 Å². The maximum absolute atomic E-state index is 12.8. The molecule has 0 spiro atoms. The number of ether oxygens (including phenoxy) is 2. The summed E-state index contributed by atoms with van der Waals surface area (Å²) in [6.07, 6.45) is 0.882. The fourth-order valence-corrected chi connectivity index (χ4v) is 3.15. The average Bonchev–Trinajstić information content (AvgIpc) is 2.93. The fraction of sp³-hybridized carbons (Fsp3) is 0.500. The number of halogens is 1. The number of hydrogen-bond acceptors (Lipinski definition) is 5. The second-order valence-electron chi connectivity index (χ2n) is 5.89. The van der Waals surface area contributed by atoms with Gasteiger partial charge in [0.05, 0.1) is 12.1 Å². The number of rotatable bonds is 6. The first kappa shape index (κ1) is 18.4. The van der Waals surface area contributed by atoms with Crippen molar-refractivity contribution < 1.29 is 19.1 Å². The molecule has 0 aliphatic carbocycles. The van der Waals surface area contributed by atoms with Crippen molar-refractivity contribution in [2.45, 2.75) is 19.4 Å². The molecule has 1 heterocycles. The molecule has 2 unspecified atom stereocenters. The maximum Gasteiger partial charge on any atom is 0.255 e. The number of nitrogens with two attached hydrogens (primary N) is 2. The van der Waals surface area contributed by atoms with Crippen molar-refractivity contribution in [2.24, 2.45) is 17.4 Å². The highest BCUT2D eigenvalue weighted by Gasteiger charge is 2.32. The zero-order valence-electron chi connectivity index (χ0n) is 13.8. The largest absolute Gasteiger partial charge is 0.493 e. The minimum absolute atomic E-state index is 0.113. The molecule has 2 atom stereocenters. The van der Waals surface area contributed by atoms with Crippen molar-refractivity contribution >= 4 is 23.4 Å². The van der Waals surface area contributed by atoms with Gasteiger partial charge >= 0.3 is 0 Å². The summed E-state index contributed by atoms with van der Waals surface area (Å²) in [5.74, 6) is -0.00951. The highest BCUT2D eigenvalue weighted by Crippen LogP contribution is 2.37. The van der Waals surface area contributed by atoms with Gasteiger partial charge in [0.25, 0.3) is 11.8 Å². The van der Waals surface area contributed by atoms with Crippen LogP contribution in [0.1, 0.15) is 23.7 Å². The monoisotopic (exact) mass is 355 g/mol. The van der Waals surface area contributed by atoms with Crippen molar-refractivity contribution in [3.05, 3.63) is 22.7 Å². The lowest BCUT2D eigenvalue weighted by Crippen LogP contribution is -2.34. The zero-order valence-corrected chi connectivity index (χ0v) is 14.5. The van der Waals surface area contributed by atoms with Crippen LogP contribution in [-0.4, -0.2) is 49.6 Å². The van der Waals surface area contributed by atoms with Gasteiger partial charge in [-0.15, -0.1) is 0 Å². The second-order valence-corrected chi connectivity index (χ2v) is 6.30. The number of amides is 2. The third kappa shape index (κ3) is 3.91. The summed E-state index contributed by atoms with van der Waals surface area (Å²) in [6.45, 7) is 2.84. The van der Waals surface area contributed by atoms with Crippen LogP contribution in [0.15, 0.2) is 12.1 Å². The molecule has 132 valence electrons. The van der Waals surface area contributed by atoms with Gasteiger partial charge in [0.1, 0.15) is 0 Å². The van der Waals surface area contributed by atoms with Crippen molar-refractivity contribution in [1.29, 1.82) is 0 Å². The molecule has 2 amide bonds. The molecule has 0 aromatic heterocycles. The Hall–Kier alpha value is -1.99. The SMILES string of the molecule is COc1cc(C(=O)N2CC(CN)CC2C)cc(Cl)c1OCC(N)=O. The zero-order chi connectivity index (χ0) is 17.9. The fourth-order valence-electron chi connectivity index (χ4n) is 2.89. The van der Waals surface area contributed by atoms with Gasteiger partial charge in [-0.05, 0) is 37.9 Å². The number of hydrogen-bond donors (Lipinski definition) is 2. The Kier molecular flexibility index (Phi) is 5.90. The van der Waals surface area contributed by atoms with Gasteiger partial charge in [0.2, 0.25) is 0 Å². The van der Waals surface area contributed by atoms with Crippen LogP contribution in [0.25, 0.3) is 0 Å². The van der Waals surface area contributed by atoms with Gasteiger partial charge in [0, 0.05) is 18.2 Å². The van der Waals surface area contributed by atoms with Gasteiger partial charge in [-0.1, -0.05) is 11.6 Å². The molecule has 1 saturated heterocycles. The predicted molar refractivity (Wildman–Crippen MR) is 90.4 cm³/mol. The van der Waals surface area contributed by atoms with Crippen LogP contribution in [0.4, 0.5) is 0 Å². The molecule has 1 aromatic rings. The van der Waals surface area contributed by atoms with Crippen LogP contribution < -0.4 is 20.9 Å².